The van der Waals surface area contributed by atoms with Crippen molar-refractivity contribution < 1.29 is 14.2 Å². The largest absolute Gasteiger partial charge is 0.496 e. The van der Waals surface area contributed by atoms with Crippen LogP contribution in [0.15, 0.2) is 12.1 Å². The average Bonchev–Trinajstić information content (AvgIpc) is 2.46. The predicted molar refractivity (Wildman–Crippen MR) is 85.4 cm³/mol. The monoisotopic (exact) mass is 296 g/mol. The zero-order valence-corrected chi connectivity index (χ0v) is 14.0. The molecule has 0 spiro atoms. The van der Waals surface area contributed by atoms with Crippen LogP contribution in [-0.2, 0) is 0 Å². The summed E-state index contributed by atoms with van der Waals surface area (Å²) < 4.78 is 16.2. The first-order valence-electron chi connectivity index (χ1n) is 7.18. The van der Waals surface area contributed by atoms with E-state index in [1.807, 2.05) is 12.1 Å². The van der Waals surface area contributed by atoms with Crippen molar-refractivity contribution in [3.05, 3.63) is 17.7 Å². The molecule has 0 saturated carbocycles. The molecule has 0 radical (unpaired) electrons. The van der Waals surface area contributed by atoms with Crippen molar-refractivity contribution in [3.63, 3.8) is 0 Å². The smallest absolute Gasteiger partial charge is 0.164 e. The van der Waals surface area contributed by atoms with E-state index >= 15 is 0 Å². The van der Waals surface area contributed by atoms with Crippen LogP contribution in [0.3, 0.4) is 0 Å². The summed E-state index contributed by atoms with van der Waals surface area (Å²) in [6, 6.07) is 3.87. The molecule has 0 heterocycles. The highest BCUT2D eigenvalue weighted by molar-refractivity contribution is 5.52. The molecular weight excluding hydrogens is 268 g/mol. The molecule has 5 nitrogen and oxygen atoms in total. The molecule has 5 heteroatoms. The predicted octanol–water partition coefficient (Wildman–Crippen LogP) is 2.30. The lowest BCUT2D eigenvalue weighted by atomic mass is 10.0. The van der Waals surface area contributed by atoms with E-state index in [0.29, 0.717) is 24.0 Å². The fourth-order valence-corrected chi connectivity index (χ4v) is 2.56. The molecule has 0 aromatic heterocycles. The molecule has 120 valence electrons. The first-order valence-corrected chi connectivity index (χ1v) is 7.18. The molecule has 21 heavy (non-hydrogen) atoms. The van der Waals surface area contributed by atoms with Gasteiger partial charge in [0.15, 0.2) is 11.5 Å². The summed E-state index contributed by atoms with van der Waals surface area (Å²) in [6.07, 6.45) is 0. The van der Waals surface area contributed by atoms with E-state index < -0.39 is 0 Å². The summed E-state index contributed by atoms with van der Waals surface area (Å²) in [5.41, 5.74) is 7.01. The molecule has 1 atom stereocenters. The molecular formula is C16H28N2O3. The first-order chi connectivity index (χ1) is 9.98. The summed E-state index contributed by atoms with van der Waals surface area (Å²) in [7, 11) is 6.97. The molecule has 1 aromatic carbocycles. The molecule has 1 aromatic rings. The van der Waals surface area contributed by atoms with Crippen molar-refractivity contribution in [1.82, 2.24) is 4.90 Å². The van der Waals surface area contributed by atoms with Gasteiger partial charge in [0.05, 0.1) is 27.4 Å². The fraction of sp³-hybridized carbons (Fsp3) is 0.625. The van der Waals surface area contributed by atoms with E-state index in [9.17, 15) is 0 Å². The van der Waals surface area contributed by atoms with Crippen LogP contribution < -0.4 is 19.9 Å². The number of hydrogen-bond donors (Lipinski definition) is 1. The number of nitrogens with zero attached hydrogens (tertiary/aromatic N) is 1. The van der Waals surface area contributed by atoms with Crippen LogP contribution in [0.2, 0.25) is 0 Å². The SMILES string of the molecule is COc1cc(OC)c(C(CN)N(C)CC(C)C)cc1OC. The fourth-order valence-electron chi connectivity index (χ4n) is 2.56. The normalized spacial score (nSPS) is 12.6. The van der Waals surface area contributed by atoms with Crippen LogP contribution in [0.4, 0.5) is 0 Å². The van der Waals surface area contributed by atoms with Gasteiger partial charge in [-0.25, -0.2) is 0 Å². The molecule has 1 rings (SSSR count). The van der Waals surface area contributed by atoms with Crippen molar-refractivity contribution in [2.24, 2.45) is 11.7 Å². The lowest BCUT2D eigenvalue weighted by Crippen LogP contribution is -2.33. The van der Waals surface area contributed by atoms with E-state index in [1.54, 1.807) is 21.3 Å². The second kappa shape index (κ2) is 8.10. The highest BCUT2D eigenvalue weighted by atomic mass is 16.5. The highest BCUT2D eigenvalue weighted by Crippen LogP contribution is 2.38. The van der Waals surface area contributed by atoms with Crippen LogP contribution in [-0.4, -0.2) is 46.4 Å². The quantitative estimate of drug-likeness (QED) is 0.797. The van der Waals surface area contributed by atoms with Gasteiger partial charge in [0.2, 0.25) is 0 Å². The van der Waals surface area contributed by atoms with Crippen LogP contribution in [0.1, 0.15) is 25.5 Å². The maximum Gasteiger partial charge on any atom is 0.164 e. The molecule has 2 N–H and O–H groups in total. The lowest BCUT2D eigenvalue weighted by Gasteiger charge is -2.30. The zero-order valence-electron chi connectivity index (χ0n) is 14.0. The number of ether oxygens (including phenoxy) is 3. The first kappa shape index (κ1) is 17.6. The van der Waals surface area contributed by atoms with Gasteiger partial charge < -0.3 is 19.9 Å². The van der Waals surface area contributed by atoms with E-state index in [0.717, 1.165) is 17.9 Å². The van der Waals surface area contributed by atoms with Crippen LogP contribution in [0.25, 0.3) is 0 Å². The standard InChI is InChI=1S/C16H28N2O3/c1-11(2)10-18(3)13(9-17)12-7-15(20-5)16(21-6)8-14(12)19-4/h7-8,11,13H,9-10,17H2,1-6H3. The van der Waals surface area contributed by atoms with Gasteiger partial charge in [0, 0.05) is 24.7 Å². The van der Waals surface area contributed by atoms with E-state index in [4.69, 9.17) is 19.9 Å². The third kappa shape index (κ3) is 4.25. The molecule has 0 aliphatic rings. The topological polar surface area (TPSA) is 57.0 Å². The number of likely N-dealkylation sites (N-methyl/N-ethyl adjacent to an activating group) is 1. The molecule has 0 saturated heterocycles. The highest BCUT2D eigenvalue weighted by Gasteiger charge is 2.22. The summed E-state index contributed by atoms with van der Waals surface area (Å²) >= 11 is 0. The number of nitrogens with two attached hydrogens (primary N) is 1. The molecule has 0 amide bonds. The lowest BCUT2D eigenvalue weighted by molar-refractivity contribution is 0.218. The molecule has 0 aliphatic heterocycles. The second-order valence-corrected chi connectivity index (χ2v) is 5.53. The summed E-state index contributed by atoms with van der Waals surface area (Å²) in [4.78, 5) is 2.24. The van der Waals surface area contributed by atoms with Gasteiger partial charge in [0.1, 0.15) is 5.75 Å². The number of rotatable bonds is 8. The molecule has 0 aliphatic carbocycles. The summed E-state index contributed by atoms with van der Waals surface area (Å²) in [5, 5.41) is 0. The third-order valence-corrected chi connectivity index (χ3v) is 3.50. The van der Waals surface area contributed by atoms with Crippen molar-refractivity contribution in [2.45, 2.75) is 19.9 Å². The summed E-state index contributed by atoms with van der Waals surface area (Å²) in [5.74, 6) is 2.67. The van der Waals surface area contributed by atoms with E-state index in [2.05, 4.69) is 25.8 Å². The number of benzene rings is 1. The zero-order chi connectivity index (χ0) is 16.0. The van der Waals surface area contributed by atoms with E-state index in [-0.39, 0.29) is 6.04 Å². The average molecular weight is 296 g/mol. The number of methoxy groups -OCH3 is 3. The Labute approximate surface area is 128 Å². The molecule has 0 bridgehead atoms. The Balaban J connectivity index is 3.24. The Morgan fingerprint density at radius 3 is 1.95 bits per heavy atom. The van der Waals surface area contributed by atoms with Gasteiger partial charge >= 0.3 is 0 Å². The van der Waals surface area contributed by atoms with Crippen molar-refractivity contribution in [3.8, 4) is 17.2 Å². The minimum absolute atomic E-state index is 0.0714. The van der Waals surface area contributed by atoms with Gasteiger partial charge in [-0.3, -0.25) is 4.90 Å². The van der Waals surface area contributed by atoms with Gasteiger partial charge in [-0.2, -0.15) is 0 Å². The summed E-state index contributed by atoms with van der Waals surface area (Å²) in [6.45, 7) is 5.85. The Hall–Kier alpha value is -1.46. The van der Waals surface area contributed by atoms with Crippen molar-refractivity contribution >= 4 is 0 Å². The van der Waals surface area contributed by atoms with Crippen LogP contribution >= 0.6 is 0 Å². The third-order valence-electron chi connectivity index (χ3n) is 3.50. The van der Waals surface area contributed by atoms with Crippen LogP contribution in [0, 0.1) is 5.92 Å². The molecule has 0 fully saturated rings. The minimum atomic E-state index is 0.0714. The van der Waals surface area contributed by atoms with Gasteiger partial charge in [0.25, 0.3) is 0 Å². The van der Waals surface area contributed by atoms with Crippen molar-refractivity contribution in [1.29, 1.82) is 0 Å². The van der Waals surface area contributed by atoms with Gasteiger partial charge in [-0.1, -0.05) is 13.8 Å². The Morgan fingerprint density at radius 1 is 1.00 bits per heavy atom. The molecule has 1 unspecified atom stereocenters. The maximum atomic E-state index is 6.00. The number of hydrogen-bond acceptors (Lipinski definition) is 5. The van der Waals surface area contributed by atoms with Gasteiger partial charge in [-0.05, 0) is 19.0 Å². The maximum absolute atomic E-state index is 6.00. The Bertz CT molecular complexity index is 449. The van der Waals surface area contributed by atoms with Crippen LogP contribution in [0.5, 0.6) is 17.2 Å². The van der Waals surface area contributed by atoms with E-state index in [1.165, 1.54) is 0 Å². The minimum Gasteiger partial charge on any atom is -0.496 e. The van der Waals surface area contributed by atoms with Gasteiger partial charge in [-0.15, -0.1) is 0 Å². The van der Waals surface area contributed by atoms with Crippen molar-refractivity contribution in [2.75, 3.05) is 41.5 Å². The Kier molecular flexibility index (Phi) is 6.78. The Morgan fingerprint density at radius 2 is 1.52 bits per heavy atom. The second-order valence-electron chi connectivity index (χ2n) is 5.53.